The zero-order valence-corrected chi connectivity index (χ0v) is 5.17. The summed E-state index contributed by atoms with van der Waals surface area (Å²) >= 11 is -1.42. The van der Waals surface area contributed by atoms with E-state index in [1.54, 1.807) is 0 Å². The van der Waals surface area contributed by atoms with Crippen LogP contribution in [0.15, 0.2) is 0 Å². The van der Waals surface area contributed by atoms with Crippen molar-refractivity contribution in [2.24, 2.45) is 0 Å². The first-order valence-corrected chi connectivity index (χ1v) is 2.40. The van der Waals surface area contributed by atoms with Gasteiger partial charge in [0.05, 0.1) is 0 Å². The van der Waals surface area contributed by atoms with E-state index in [9.17, 15) is 4.79 Å². The third-order valence-corrected chi connectivity index (χ3v) is 0.157. The van der Waals surface area contributed by atoms with Crippen molar-refractivity contribution in [2.75, 3.05) is 0 Å². The lowest BCUT2D eigenvalue weighted by Crippen LogP contribution is -2.12. The van der Waals surface area contributed by atoms with Crippen LogP contribution in [0.4, 0.5) is 0 Å². The summed E-state index contributed by atoms with van der Waals surface area (Å²) in [6, 6.07) is 0. The summed E-state index contributed by atoms with van der Waals surface area (Å²) in [5.41, 5.74) is 1.39. The fourth-order valence-electron chi connectivity index (χ4n) is 0. The van der Waals surface area contributed by atoms with E-state index < -0.39 is 17.5 Å². The Morgan fingerprint density at radius 2 is 1.75 bits per heavy atom. The molecular weight excluding hydrogens is 134 g/mol. The standard InChI is InChI=1S/C2H5NO2.H2O2S/c1-2(4)3-5;1-3-2/h5H,1H3,(H,3,4);3H2. The van der Waals surface area contributed by atoms with Crippen LogP contribution >= 0.6 is 0 Å². The summed E-state index contributed by atoms with van der Waals surface area (Å²) in [7, 11) is 0. The Morgan fingerprint density at radius 1 is 1.62 bits per heavy atom. The Labute approximate surface area is 49.3 Å². The summed E-state index contributed by atoms with van der Waals surface area (Å²) in [5, 5.41) is 7.54. The van der Waals surface area contributed by atoms with E-state index in [0.717, 1.165) is 0 Å². The van der Waals surface area contributed by atoms with Crippen molar-refractivity contribution in [1.29, 1.82) is 0 Å². The minimum Gasteiger partial charge on any atom is -0.289 e. The molecule has 0 aromatic heterocycles. The second kappa shape index (κ2) is 9.63. The molecule has 0 fully saturated rings. The fraction of sp³-hybridized carbons (Fsp3) is 0.500. The van der Waals surface area contributed by atoms with Gasteiger partial charge in [0.25, 0.3) is 0 Å². The second-order valence-corrected chi connectivity index (χ2v) is 0.918. The minimum absolute atomic E-state index is 0.440. The van der Waals surface area contributed by atoms with Gasteiger partial charge in [-0.15, -0.1) is 0 Å². The molecule has 0 radical (unpaired) electrons. The first-order chi connectivity index (χ1) is 3.68. The molecule has 6 heteroatoms. The third-order valence-electron chi connectivity index (χ3n) is 0.157. The zero-order chi connectivity index (χ0) is 6.99. The Balaban J connectivity index is 0. The summed E-state index contributed by atoms with van der Waals surface area (Å²) in [4.78, 5) is 9.45. The van der Waals surface area contributed by atoms with Crippen molar-refractivity contribution in [2.45, 2.75) is 6.92 Å². The maximum absolute atomic E-state index is 9.45. The Hall–Kier alpha value is -0.620. The van der Waals surface area contributed by atoms with Crippen molar-refractivity contribution in [3.63, 3.8) is 0 Å². The summed E-state index contributed by atoms with van der Waals surface area (Å²) in [6.07, 6.45) is 0. The molecule has 0 saturated heterocycles. The van der Waals surface area contributed by atoms with Crippen LogP contribution in [0.1, 0.15) is 6.92 Å². The average molecular weight is 141 g/mol. The van der Waals surface area contributed by atoms with Crippen molar-refractivity contribution in [1.82, 2.24) is 5.48 Å². The van der Waals surface area contributed by atoms with Crippen LogP contribution in [0.25, 0.3) is 0 Å². The predicted octanol–water partition coefficient (Wildman–Crippen LogP) is -1.69. The number of hydroxylamine groups is 1. The normalized spacial score (nSPS) is 6.25. The van der Waals surface area contributed by atoms with E-state index >= 15 is 0 Å². The molecule has 0 rings (SSSR count). The lowest BCUT2D eigenvalue weighted by atomic mass is 10.8. The number of hydrogen-bond acceptors (Lipinski definition) is 4. The molecule has 0 unspecified atom stereocenters. The van der Waals surface area contributed by atoms with Gasteiger partial charge in [0.15, 0.2) is 0 Å². The van der Waals surface area contributed by atoms with E-state index in [4.69, 9.17) is 13.6 Å². The van der Waals surface area contributed by atoms with Gasteiger partial charge in [0, 0.05) is 6.92 Å². The predicted molar refractivity (Wildman–Crippen MR) is 27.3 cm³/mol. The zero-order valence-electron chi connectivity index (χ0n) is 4.17. The van der Waals surface area contributed by atoms with Gasteiger partial charge in [0.1, 0.15) is 11.6 Å². The number of amides is 1. The molecule has 0 aliphatic carbocycles. The van der Waals surface area contributed by atoms with Crippen molar-refractivity contribution >= 4 is 17.5 Å². The van der Waals surface area contributed by atoms with Gasteiger partial charge in [-0.05, 0) is 0 Å². The molecule has 0 aliphatic heterocycles. The van der Waals surface area contributed by atoms with Crippen LogP contribution in [0.2, 0.25) is 0 Å². The molecule has 50 valence electrons. The summed E-state index contributed by atoms with van der Waals surface area (Å²) < 4.78 is 16.8. The van der Waals surface area contributed by atoms with Crippen LogP contribution in [0.3, 0.4) is 0 Å². The molecule has 2 N–H and O–H groups in total. The molecule has 0 aliphatic rings. The number of hydrogen-bond donors (Lipinski definition) is 2. The topological polar surface area (TPSA) is 83.5 Å². The maximum Gasteiger partial charge on any atom is 0.240 e. The van der Waals surface area contributed by atoms with Gasteiger partial charge in [-0.1, -0.05) is 0 Å². The second-order valence-electron chi connectivity index (χ2n) is 0.751. The van der Waals surface area contributed by atoms with Crippen LogP contribution in [0, 0.1) is 0 Å². The first kappa shape index (κ1) is 10.4. The Kier molecular flexibility index (Phi) is 12.5. The van der Waals surface area contributed by atoms with Gasteiger partial charge < -0.3 is 0 Å². The van der Waals surface area contributed by atoms with Gasteiger partial charge in [-0.3, -0.25) is 10.0 Å². The fourth-order valence-corrected chi connectivity index (χ4v) is 0. The number of nitrogens with one attached hydrogen (secondary N) is 1. The molecule has 0 aromatic rings. The van der Waals surface area contributed by atoms with Crippen molar-refractivity contribution in [3.05, 3.63) is 0 Å². The number of rotatable bonds is 0. The molecule has 8 heavy (non-hydrogen) atoms. The molecule has 0 saturated carbocycles. The van der Waals surface area contributed by atoms with Gasteiger partial charge in [-0.25, -0.2) is 13.9 Å². The van der Waals surface area contributed by atoms with Crippen LogP contribution in [-0.2, 0) is 16.4 Å². The highest BCUT2D eigenvalue weighted by molar-refractivity contribution is 7.51. The highest BCUT2D eigenvalue weighted by Crippen LogP contribution is 1.44. The molecule has 0 bridgehead atoms. The highest BCUT2D eigenvalue weighted by atomic mass is 32.1. The van der Waals surface area contributed by atoms with E-state index in [-0.39, 0.29) is 0 Å². The summed E-state index contributed by atoms with van der Waals surface area (Å²) in [5.74, 6) is -0.440. The SMILES string of the molecule is CC(=O)NO.O=[SH2]=O. The Morgan fingerprint density at radius 3 is 1.75 bits per heavy atom. The number of carbonyl (C=O) groups excluding carboxylic acids is 1. The first-order valence-electron chi connectivity index (χ1n) is 1.59. The molecule has 0 spiro atoms. The Bertz CT molecular complexity index is 96.2. The van der Waals surface area contributed by atoms with Crippen molar-refractivity contribution in [3.8, 4) is 0 Å². The van der Waals surface area contributed by atoms with E-state index in [1.807, 2.05) is 0 Å². The lowest BCUT2D eigenvalue weighted by Gasteiger charge is -1.78. The maximum atomic E-state index is 9.45. The van der Waals surface area contributed by atoms with E-state index in [1.165, 1.54) is 12.4 Å². The lowest BCUT2D eigenvalue weighted by molar-refractivity contribution is -0.126. The molecule has 5 nitrogen and oxygen atoms in total. The van der Waals surface area contributed by atoms with E-state index in [2.05, 4.69) is 0 Å². The van der Waals surface area contributed by atoms with Crippen LogP contribution < -0.4 is 5.48 Å². The molecule has 0 heterocycles. The third kappa shape index (κ3) is 54.2. The van der Waals surface area contributed by atoms with Crippen LogP contribution in [0.5, 0.6) is 0 Å². The monoisotopic (exact) mass is 141 g/mol. The molecule has 0 atom stereocenters. The van der Waals surface area contributed by atoms with Gasteiger partial charge in [0.2, 0.25) is 5.91 Å². The summed E-state index contributed by atoms with van der Waals surface area (Å²) in [6.45, 7) is 1.22. The van der Waals surface area contributed by atoms with E-state index in [0.29, 0.717) is 0 Å². The quantitative estimate of drug-likeness (QED) is 0.311. The van der Waals surface area contributed by atoms with Crippen molar-refractivity contribution < 1.29 is 18.4 Å². The number of carbonyl (C=O) groups is 1. The highest BCUT2D eigenvalue weighted by Gasteiger charge is 1.74. The van der Waals surface area contributed by atoms with Crippen LogP contribution in [-0.4, -0.2) is 19.5 Å². The van der Waals surface area contributed by atoms with Gasteiger partial charge >= 0.3 is 0 Å². The average Bonchev–Trinajstić information content (AvgIpc) is 1.69. The molecule has 1 amide bonds. The smallest absolute Gasteiger partial charge is 0.240 e. The molecule has 0 aromatic carbocycles. The molecular formula is C2H7NO4S. The van der Waals surface area contributed by atoms with Gasteiger partial charge in [-0.2, -0.15) is 0 Å². The largest absolute Gasteiger partial charge is 0.289 e. The minimum atomic E-state index is -1.42.